The maximum absolute atomic E-state index is 13.3. The summed E-state index contributed by atoms with van der Waals surface area (Å²) in [7, 11) is 0. The van der Waals surface area contributed by atoms with Crippen LogP contribution in [0.4, 0.5) is 8.78 Å². The summed E-state index contributed by atoms with van der Waals surface area (Å²) in [6.45, 7) is 0. The number of halogens is 3. The number of alkyl halides is 1. The van der Waals surface area contributed by atoms with Gasteiger partial charge in [0.15, 0.2) is 0 Å². The van der Waals surface area contributed by atoms with E-state index in [4.69, 9.17) is 5.11 Å². The molecule has 0 aromatic heterocycles. The number of benzene rings is 1. The summed E-state index contributed by atoms with van der Waals surface area (Å²) in [5, 5.41) is 28.1. The summed E-state index contributed by atoms with van der Waals surface area (Å²) in [5.41, 5.74) is -1.29. The molecule has 0 spiro atoms. The lowest BCUT2D eigenvalue weighted by atomic mass is 10.0. The minimum Gasteiger partial charge on any atom is -0.477 e. The number of hydrogen-bond donors (Lipinski definition) is 3. The number of aromatic carboxylic acids is 1. The quantitative estimate of drug-likeness (QED) is 0.722. The van der Waals surface area contributed by atoms with Crippen LogP contribution in [-0.4, -0.2) is 32.7 Å². The van der Waals surface area contributed by atoms with Gasteiger partial charge in [0.1, 0.15) is 23.3 Å². The highest BCUT2D eigenvalue weighted by Gasteiger charge is 2.23. The van der Waals surface area contributed by atoms with Crippen molar-refractivity contribution < 1.29 is 28.9 Å². The highest BCUT2D eigenvalue weighted by molar-refractivity contribution is 9.09. The Bertz CT molecular complexity index is 430. The van der Waals surface area contributed by atoms with Gasteiger partial charge < -0.3 is 15.3 Å². The Hall–Kier alpha value is -1.05. The Morgan fingerprint density at radius 3 is 2.17 bits per heavy atom. The molecule has 18 heavy (non-hydrogen) atoms. The van der Waals surface area contributed by atoms with Gasteiger partial charge in [-0.1, -0.05) is 15.9 Å². The summed E-state index contributed by atoms with van der Waals surface area (Å²) < 4.78 is 26.7. The molecule has 100 valence electrons. The van der Waals surface area contributed by atoms with Crippen molar-refractivity contribution in [2.24, 2.45) is 0 Å². The van der Waals surface area contributed by atoms with E-state index in [2.05, 4.69) is 15.9 Å². The second-order valence-electron chi connectivity index (χ2n) is 3.65. The molecule has 0 aliphatic heterocycles. The molecule has 0 bridgehead atoms. The number of carboxylic acids is 1. The molecular weight excluding hydrogens is 314 g/mol. The van der Waals surface area contributed by atoms with Crippen LogP contribution in [-0.2, 0) is 0 Å². The zero-order valence-electron chi connectivity index (χ0n) is 9.11. The zero-order valence-corrected chi connectivity index (χ0v) is 10.7. The van der Waals surface area contributed by atoms with Crippen LogP contribution in [0.3, 0.4) is 0 Å². The van der Waals surface area contributed by atoms with Gasteiger partial charge in [-0.2, -0.15) is 0 Å². The summed E-state index contributed by atoms with van der Waals surface area (Å²) in [4.78, 5) is 10.6. The normalized spacial score (nSPS) is 14.3. The van der Waals surface area contributed by atoms with Crippen molar-refractivity contribution in [1.29, 1.82) is 0 Å². The predicted octanol–water partition coefficient (Wildman–Crippen LogP) is 1.84. The van der Waals surface area contributed by atoms with Crippen molar-refractivity contribution in [3.63, 3.8) is 0 Å². The molecule has 2 unspecified atom stereocenters. The summed E-state index contributed by atoms with van der Waals surface area (Å²) in [5.74, 6) is -4.31. The standard InChI is InChI=1S/C11H11BrF2O4/c12-2-1-8(15)10(16)5-3-6(13)9(11(17)18)7(14)4-5/h3-4,8,10,15-16H,1-2H2,(H,17,18). The largest absolute Gasteiger partial charge is 0.477 e. The van der Waals surface area contributed by atoms with E-state index in [1.807, 2.05) is 0 Å². The lowest BCUT2D eigenvalue weighted by molar-refractivity contribution is 0.0170. The van der Waals surface area contributed by atoms with Gasteiger partial charge >= 0.3 is 5.97 Å². The lowest BCUT2D eigenvalue weighted by Crippen LogP contribution is -2.19. The van der Waals surface area contributed by atoms with Crippen molar-refractivity contribution in [2.75, 3.05) is 5.33 Å². The van der Waals surface area contributed by atoms with Crippen molar-refractivity contribution in [3.05, 3.63) is 34.9 Å². The average molecular weight is 325 g/mol. The summed E-state index contributed by atoms with van der Waals surface area (Å²) in [6, 6.07) is 1.41. The molecule has 0 heterocycles. The number of hydrogen-bond acceptors (Lipinski definition) is 3. The summed E-state index contributed by atoms with van der Waals surface area (Å²) >= 11 is 3.05. The van der Waals surface area contributed by atoms with Gasteiger partial charge in [0.2, 0.25) is 0 Å². The SMILES string of the molecule is O=C(O)c1c(F)cc(C(O)C(O)CCBr)cc1F. The van der Waals surface area contributed by atoms with Gasteiger partial charge in [-0.3, -0.25) is 0 Å². The van der Waals surface area contributed by atoms with Crippen LogP contribution in [0.1, 0.15) is 28.4 Å². The molecule has 0 amide bonds. The van der Waals surface area contributed by atoms with Crippen molar-refractivity contribution >= 4 is 21.9 Å². The van der Waals surface area contributed by atoms with Crippen LogP contribution in [0, 0.1) is 11.6 Å². The molecule has 1 aromatic rings. The van der Waals surface area contributed by atoms with E-state index in [1.54, 1.807) is 0 Å². The fraction of sp³-hybridized carbons (Fsp3) is 0.364. The zero-order chi connectivity index (χ0) is 13.9. The topological polar surface area (TPSA) is 77.8 Å². The van der Waals surface area contributed by atoms with E-state index in [-0.39, 0.29) is 12.0 Å². The van der Waals surface area contributed by atoms with Gasteiger partial charge in [0.05, 0.1) is 6.10 Å². The fourth-order valence-corrected chi connectivity index (χ4v) is 1.93. The minimum absolute atomic E-state index is 0.186. The molecule has 7 heteroatoms. The Balaban J connectivity index is 3.10. The Kier molecular flexibility index (Phi) is 5.18. The second-order valence-corrected chi connectivity index (χ2v) is 4.45. The molecule has 1 rings (SSSR count). The smallest absolute Gasteiger partial charge is 0.341 e. The van der Waals surface area contributed by atoms with Crippen molar-refractivity contribution in [2.45, 2.75) is 18.6 Å². The van der Waals surface area contributed by atoms with E-state index < -0.39 is 35.4 Å². The van der Waals surface area contributed by atoms with Gasteiger partial charge in [-0.05, 0) is 24.1 Å². The average Bonchev–Trinajstić information content (AvgIpc) is 2.26. The highest BCUT2D eigenvalue weighted by atomic mass is 79.9. The van der Waals surface area contributed by atoms with Gasteiger partial charge in [0.25, 0.3) is 0 Å². The van der Waals surface area contributed by atoms with Crippen LogP contribution < -0.4 is 0 Å². The molecule has 2 atom stereocenters. The van der Waals surface area contributed by atoms with Crippen LogP contribution in [0.5, 0.6) is 0 Å². The third kappa shape index (κ3) is 3.24. The number of aliphatic hydroxyl groups is 2. The maximum atomic E-state index is 13.3. The first kappa shape index (κ1) is 15.0. The third-order valence-corrected chi connectivity index (χ3v) is 2.85. The molecule has 1 aromatic carbocycles. The van der Waals surface area contributed by atoms with Crippen LogP contribution in [0.15, 0.2) is 12.1 Å². The highest BCUT2D eigenvalue weighted by Crippen LogP contribution is 2.24. The first-order valence-electron chi connectivity index (χ1n) is 5.02. The number of rotatable bonds is 5. The van der Waals surface area contributed by atoms with Gasteiger partial charge in [-0.25, -0.2) is 13.6 Å². The van der Waals surface area contributed by atoms with Crippen LogP contribution >= 0.6 is 15.9 Å². The Labute approximate surface area is 110 Å². The van der Waals surface area contributed by atoms with E-state index in [9.17, 15) is 23.8 Å². The first-order chi connectivity index (χ1) is 8.38. The number of aliphatic hydroxyl groups excluding tert-OH is 2. The molecule has 4 nitrogen and oxygen atoms in total. The number of carboxylic acid groups (broad SMARTS) is 1. The Morgan fingerprint density at radius 2 is 1.78 bits per heavy atom. The monoisotopic (exact) mass is 324 g/mol. The van der Waals surface area contributed by atoms with Crippen LogP contribution in [0.25, 0.3) is 0 Å². The molecular formula is C11H11BrF2O4. The molecule has 3 N–H and O–H groups in total. The van der Waals surface area contributed by atoms with E-state index in [0.29, 0.717) is 17.5 Å². The van der Waals surface area contributed by atoms with E-state index >= 15 is 0 Å². The van der Waals surface area contributed by atoms with E-state index in [1.165, 1.54) is 0 Å². The van der Waals surface area contributed by atoms with Crippen LogP contribution in [0.2, 0.25) is 0 Å². The maximum Gasteiger partial charge on any atom is 0.341 e. The fourth-order valence-electron chi connectivity index (χ4n) is 1.46. The van der Waals surface area contributed by atoms with Gasteiger partial charge in [-0.15, -0.1) is 0 Å². The molecule has 0 aliphatic rings. The molecule has 0 saturated heterocycles. The van der Waals surface area contributed by atoms with Crippen molar-refractivity contribution in [1.82, 2.24) is 0 Å². The lowest BCUT2D eigenvalue weighted by Gasteiger charge is -2.17. The Morgan fingerprint density at radius 1 is 1.28 bits per heavy atom. The predicted molar refractivity (Wildman–Crippen MR) is 62.7 cm³/mol. The molecule has 0 saturated carbocycles. The minimum atomic E-state index is -1.73. The van der Waals surface area contributed by atoms with Crippen molar-refractivity contribution in [3.8, 4) is 0 Å². The first-order valence-corrected chi connectivity index (χ1v) is 6.15. The molecule has 0 radical (unpaired) electrons. The van der Waals surface area contributed by atoms with E-state index in [0.717, 1.165) is 0 Å². The summed E-state index contributed by atoms with van der Waals surface area (Å²) in [6.07, 6.45) is -2.49. The van der Waals surface area contributed by atoms with Gasteiger partial charge in [0, 0.05) is 5.33 Å². The number of carbonyl (C=O) groups is 1. The molecule has 0 fully saturated rings. The second kappa shape index (κ2) is 6.21. The third-order valence-electron chi connectivity index (χ3n) is 2.39. The molecule has 0 aliphatic carbocycles.